The fraction of sp³-hybridized carbons (Fsp3) is 0.176. The topological polar surface area (TPSA) is 91.9 Å². The highest BCUT2D eigenvalue weighted by Gasteiger charge is 2.09. The van der Waals surface area contributed by atoms with Crippen LogP contribution in [0, 0.1) is 0 Å². The summed E-state index contributed by atoms with van der Waals surface area (Å²) < 4.78 is 22.8. The first kappa shape index (κ1) is 18.8. The molecule has 1 aromatic heterocycles. The maximum Gasteiger partial charge on any atom is 0.230 e. The Morgan fingerprint density at radius 1 is 1.23 bits per heavy atom. The Labute approximate surface area is 160 Å². The van der Waals surface area contributed by atoms with Gasteiger partial charge in [-0.3, -0.25) is 4.79 Å². The van der Waals surface area contributed by atoms with Crippen molar-refractivity contribution in [2.75, 3.05) is 12.0 Å². The monoisotopic (exact) mass is 409 g/mol. The van der Waals surface area contributed by atoms with Crippen LogP contribution in [-0.2, 0) is 21.2 Å². The minimum atomic E-state index is -3.21. The number of halogens is 1. The Balaban J connectivity index is 1.52. The van der Waals surface area contributed by atoms with E-state index in [1.54, 1.807) is 24.3 Å². The van der Waals surface area contributed by atoms with Crippen LogP contribution in [0.15, 0.2) is 52.5 Å². The average molecular weight is 410 g/mol. The number of aromatic nitrogens is 2. The number of fused-ring (bicyclic) bond motifs is 1. The molecule has 6 nitrogen and oxygen atoms in total. The van der Waals surface area contributed by atoms with Crippen LogP contribution >= 0.6 is 23.4 Å². The lowest BCUT2D eigenvalue weighted by Crippen LogP contribution is -2.24. The summed E-state index contributed by atoms with van der Waals surface area (Å²) in [6.07, 6.45) is 1.16. The lowest BCUT2D eigenvalue weighted by atomic mass is 10.2. The molecule has 3 aromatic rings. The van der Waals surface area contributed by atoms with Gasteiger partial charge in [0.05, 0.1) is 21.7 Å². The molecule has 0 unspecified atom stereocenters. The number of carbonyl (C=O) groups excluding carboxylic acids is 1. The van der Waals surface area contributed by atoms with Crippen molar-refractivity contribution in [1.82, 2.24) is 15.3 Å². The number of nitrogens with one attached hydrogen (secondary N) is 2. The molecule has 0 aliphatic rings. The molecule has 0 spiro atoms. The molecule has 0 fully saturated rings. The second-order valence-corrected chi connectivity index (χ2v) is 9.10. The zero-order valence-corrected chi connectivity index (χ0v) is 16.2. The van der Waals surface area contributed by atoms with Crippen LogP contribution in [0.5, 0.6) is 0 Å². The van der Waals surface area contributed by atoms with Crippen molar-refractivity contribution in [2.24, 2.45) is 0 Å². The van der Waals surface area contributed by atoms with Gasteiger partial charge in [-0.2, -0.15) is 0 Å². The van der Waals surface area contributed by atoms with E-state index in [-0.39, 0.29) is 16.6 Å². The van der Waals surface area contributed by atoms with Gasteiger partial charge in [0.15, 0.2) is 15.0 Å². The molecule has 0 bridgehead atoms. The van der Waals surface area contributed by atoms with E-state index in [9.17, 15) is 13.2 Å². The van der Waals surface area contributed by atoms with Crippen LogP contribution in [-0.4, -0.2) is 36.3 Å². The summed E-state index contributed by atoms with van der Waals surface area (Å²) in [7, 11) is -3.21. The van der Waals surface area contributed by atoms with Crippen molar-refractivity contribution in [3.05, 3.63) is 53.1 Å². The lowest BCUT2D eigenvalue weighted by molar-refractivity contribution is -0.118. The molecule has 0 aliphatic carbocycles. The van der Waals surface area contributed by atoms with E-state index in [4.69, 9.17) is 11.6 Å². The standard InChI is InChI=1S/C17H16ClN3O3S2/c1-26(23,24)13-5-2-11(3-6-13)9-19-16(22)10-25-17-20-14-7-4-12(18)8-15(14)21-17/h2-8H,9-10H2,1H3,(H,19,22)(H,20,21). The lowest BCUT2D eigenvalue weighted by Gasteiger charge is -2.05. The second kappa shape index (κ2) is 7.69. The van der Waals surface area contributed by atoms with Gasteiger partial charge in [0.1, 0.15) is 0 Å². The van der Waals surface area contributed by atoms with Crippen molar-refractivity contribution >= 4 is 50.1 Å². The Hall–Kier alpha value is -2.03. The molecule has 0 saturated carbocycles. The summed E-state index contributed by atoms with van der Waals surface area (Å²) in [6.45, 7) is 0.333. The van der Waals surface area contributed by atoms with Crippen molar-refractivity contribution in [1.29, 1.82) is 0 Å². The highest BCUT2D eigenvalue weighted by Crippen LogP contribution is 2.22. The van der Waals surface area contributed by atoms with Crippen LogP contribution in [0.4, 0.5) is 0 Å². The number of amides is 1. The quantitative estimate of drug-likeness (QED) is 0.610. The summed E-state index contributed by atoms with van der Waals surface area (Å²) >= 11 is 7.24. The van der Waals surface area contributed by atoms with Crippen LogP contribution in [0.2, 0.25) is 5.02 Å². The SMILES string of the molecule is CS(=O)(=O)c1ccc(CNC(=O)CSc2nc3ccc(Cl)cc3[nH]2)cc1. The van der Waals surface area contributed by atoms with Gasteiger partial charge in [0, 0.05) is 17.8 Å². The predicted molar refractivity (Wildman–Crippen MR) is 103 cm³/mol. The fourth-order valence-corrected chi connectivity index (χ4v) is 3.78. The molecule has 0 aliphatic heterocycles. The smallest absolute Gasteiger partial charge is 0.230 e. The number of aromatic amines is 1. The minimum absolute atomic E-state index is 0.138. The number of thioether (sulfide) groups is 1. The highest BCUT2D eigenvalue weighted by atomic mass is 35.5. The number of rotatable bonds is 6. The number of imidazole rings is 1. The molecule has 0 radical (unpaired) electrons. The first-order valence-electron chi connectivity index (χ1n) is 7.65. The number of carbonyl (C=O) groups is 1. The molecule has 0 saturated heterocycles. The maximum atomic E-state index is 12.0. The van der Waals surface area contributed by atoms with Gasteiger partial charge in [-0.05, 0) is 35.9 Å². The Bertz CT molecular complexity index is 1050. The first-order valence-corrected chi connectivity index (χ1v) is 10.9. The van der Waals surface area contributed by atoms with Gasteiger partial charge in [-0.25, -0.2) is 13.4 Å². The third-order valence-electron chi connectivity index (χ3n) is 3.60. The van der Waals surface area contributed by atoms with Crippen molar-refractivity contribution in [2.45, 2.75) is 16.6 Å². The van der Waals surface area contributed by atoms with Gasteiger partial charge in [-0.1, -0.05) is 35.5 Å². The molecular formula is C17H16ClN3O3S2. The van der Waals surface area contributed by atoms with Gasteiger partial charge >= 0.3 is 0 Å². The van der Waals surface area contributed by atoms with Gasteiger partial charge in [-0.15, -0.1) is 0 Å². The van der Waals surface area contributed by atoms with E-state index in [1.807, 2.05) is 6.07 Å². The summed E-state index contributed by atoms with van der Waals surface area (Å²) in [4.78, 5) is 19.8. The van der Waals surface area contributed by atoms with Gasteiger partial charge in [0.25, 0.3) is 0 Å². The fourth-order valence-electron chi connectivity index (χ4n) is 2.27. The number of sulfone groups is 1. The summed E-state index contributed by atoms with van der Waals surface area (Å²) in [5.41, 5.74) is 2.45. The normalized spacial score (nSPS) is 11.6. The van der Waals surface area contributed by atoms with Crippen molar-refractivity contribution in [3.8, 4) is 0 Å². The number of benzene rings is 2. The van der Waals surface area contributed by atoms with Crippen LogP contribution in [0.1, 0.15) is 5.56 Å². The molecule has 2 N–H and O–H groups in total. The number of hydrogen-bond acceptors (Lipinski definition) is 5. The van der Waals surface area contributed by atoms with E-state index >= 15 is 0 Å². The minimum Gasteiger partial charge on any atom is -0.351 e. The van der Waals surface area contributed by atoms with E-state index < -0.39 is 9.84 Å². The number of hydrogen-bond donors (Lipinski definition) is 2. The number of nitrogens with zero attached hydrogens (tertiary/aromatic N) is 1. The summed E-state index contributed by atoms with van der Waals surface area (Å²) in [5.74, 6) is 0.0790. The molecule has 1 amide bonds. The predicted octanol–water partition coefficient (Wildman–Crippen LogP) is 3.03. The third kappa shape index (κ3) is 4.78. The molecule has 136 valence electrons. The molecule has 0 atom stereocenters. The maximum absolute atomic E-state index is 12.0. The molecule has 9 heteroatoms. The zero-order valence-electron chi connectivity index (χ0n) is 13.8. The molecule has 1 heterocycles. The Morgan fingerprint density at radius 3 is 2.65 bits per heavy atom. The highest BCUT2D eigenvalue weighted by molar-refractivity contribution is 7.99. The largest absolute Gasteiger partial charge is 0.351 e. The van der Waals surface area contributed by atoms with E-state index in [1.165, 1.54) is 23.9 Å². The molecule has 2 aromatic carbocycles. The van der Waals surface area contributed by atoms with E-state index in [0.29, 0.717) is 16.7 Å². The van der Waals surface area contributed by atoms with E-state index in [2.05, 4.69) is 15.3 Å². The molecular weight excluding hydrogens is 394 g/mol. The Morgan fingerprint density at radius 2 is 1.96 bits per heavy atom. The summed E-state index contributed by atoms with van der Waals surface area (Å²) in [5, 5.41) is 4.07. The average Bonchev–Trinajstić information content (AvgIpc) is 2.99. The third-order valence-corrected chi connectivity index (χ3v) is 5.84. The van der Waals surface area contributed by atoms with Crippen LogP contribution in [0.3, 0.4) is 0 Å². The first-order chi connectivity index (χ1) is 12.3. The summed E-state index contributed by atoms with van der Waals surface area (Å²) in [6, 6.07) is 11.8. The van der Waals surface area contributed by atoms with E-state index in [0.717, 1.165) is 22.9 Å². The molecule has 26 heavy (non-hydrogen) atoms. The van der Waals surface area contributed by atoms with Gasteiger partial charge < -0.3 is 10.3 Å². The van der Waals surface area contributed by atoms with Gasteiger partial charge in [0.2, 0.25) is 5.91 Å². The Kier molecular flexibility index (Phi) is 5.55. The van der Waals surface area contributed by atoms with Crippen LogP contribution in [0.25, 0.3) is 11.0 Å². The second-order valence-electron chi connectivity index (χ2n) is 5.68. The number of H-pyrrole nitrogens is 1. The molecule has 3 rings (SSSR count). The zero-order chi connectivity index (χ0) is 18.7. The van der Waals surface area contributed by atoms with Crippen LogP contribution < -0.4 is 5.32 Å². The van der Waals surface area contributed by atoms with Crippen molar-refractivity contribution < 1.29 is 13.2 Å². The van der Waals surface area contributed by atoms with Crippen molar-refractivity contribution in [3.63, 3.8) is 0 Å².